The Morgan fingerprint density at radius 2 is 1.96 bits per heavy atom. The highest BCUT2D eigenvalue weighted by atomic mass is 35.5. The largest absolute Gasteiger partial charge is 0.494 e. The molecule has 0 radical (unpaired) electrons. The summed E-state index contributed by atoms with van der Waals surface area (Å²) in [4.78, 5) is 8.57. The van der Waals surface area contributed by atoms with Gasteiger partial charge in [0, 0.05) is 22.5 Å². The average molecular weight is 341 g/mol. The monoisotopic (exact) mass is 340 g/mol. The predicted octanol–water partition coefficient (Wildman–Crippen LogP) is 3.42. The number of halogens is 1. The number of nitrogens with zero attached hydrogens (tertiary/aromatic N) is 2. The number of nitrogens with two attached hydrogens (primary N) is 2. The van der Waals surface area contributed by atoms with Gasteiger partial charge in [0.15, 0.2) is 0 Å². The van der Waals surface area contributed by atoms with Crippen molar-refractivity contribution in [2.45, 2.75) is 6.42 Å². The predicted molar refractivity (Wildman–Crippen MR) is 97.8 cm³/mol. The Hall–Kier alpha value is -2.79. The second-order valence-electron chi connectivity index (χ2n) is 5.31. The van der Waals surface area contributed by atoms with Crippen molar-refractivity contribution in [2.75, 3.05) is 12.8 Å². The first-order valence-electron chi connectivity index (χ1n) is 7.38. The van der Waals surface area contributed by atoms with Crippen LogP contribution in [0.3, 0.4) is 0 Å². The minimum absolute atomic E-state index is 0.170. The molecule has 0 unspecified atom stereocenters. The molecule has 1 aromatic heterocycles. The van der Waals surface area contributed by atoms with Gasteiger partial charge in [-0.3, -0.25) is 0 Å². The minimum Gasteiger partial charge on any atom is -0.494 e. The Labute approximate surface area is 144 Å². The third-order valence-corrected chi connectivity index (χ3v) is 4.00. The Kier molecular flexibility index (Phi) is 4.53. The molecule has 3 rings (SSSR count). The molecular formula is C18H17ClN4O. The molecule has 3 aromatic rings. The fourth-order valence-electron chi connectivity index (χ4n) is 2.53. The van der Waals surface area contributed by atoms with E-state index < -0.39 is 0 Å². The van der Waals surface area contributed by atoms with Crippen molar-refractivity contribution in [3.05, 3.63) is 64.4 Å². The number of fused-ring (bicyclic) bond motifs is 1. The first-order chi connectivity index (χ1) is 11.6. The SMILES string of the molecule is COc1cccc2c(C=C(N)Cc3ccccc3Cl)nc(N)nc12. The topological polar surface area (TPSA) is 87.0 Å². The third-order valence-electron chi connectivity index (χ3n) is 3.63. The molecule has 0 aliphatic heterocycles. The van der Waals surface area contributed by atoms with Crippen molar-refractivity contribution in [3.63, 3.8) is 0 Å². The number of rotatable bonds is 4. The van der Waals surface area contributed by atoms with Crippen molar-refractivity contribution in [1.82, 2.24) is 9.97 Å². The van der Waals surface area contributed by atoms with Crippen LogP contribution in [0.25, 0.3) is 17.0 Å². The van der Waals surface area contributed by atoms with E-state index in [0.717, 1.165) is 10.9 Å². The summed E-state index contributed by atoms with van der Waals surface area (Å²) in [5, 5.41) is 1.51. The van der Waals surface area contributed by atoms with Crippen LogP contribution in [0.4, 0.5) is 5.95 Å². The highest BCUT2D eigenvalue weighted by Crippen LogP contribution is 2.27. The molecule has 0 amide bonds. The van der Waals surface area contributed by atoms with Gasteiger partial charge in [-0.25, -0.2) is 9.97 Å². The molecule has 0 saturated heterocycles. The van der Waals surface area contributed by atoms with E-state index in [0.29, 0.717) is 34.1 Å². The van der Waals surface area contributed by atoms with Crippen LogP contribution in [0.2, 0.25) is 5.02 Å². The van der Waals surface area contributed by atoms with E-state index in [1.54, 1.807) is 13.2 Å². The summed E-state index contributed by atoms with van der Waals surface area (Å²) < 4.78 is 5.34. The molecule has 0 saturated carbocycles. The van der Waals surface area contributed by atoms with Gasteiger partial charge in [-0.05, 0) is 23.8 Å². The van der Waals surface area contributed by atoms with Crippen molar-refractivity contribution in [1.29, 1.82) is 0 Å². The van der Waals surface area contributed by atoms with E-state index in [1.165, 1.54) is 0 Å². The van der Waals surface area contributed by atoms with Gasteiger partial charge in [-0.1, -0.05) is 41.9 Å². The van der Waals surface area contributed by atoms with E-state index in [4.69, 9.17) is 27.8 Å². The van der Waals surface area contributed by atoms with Gasteiger partial charge in [0.1, 0.15) is 11.3 Å². The number of allylic oxidation sites excluding steroid dienone is 1. The van der Waals surface area contributed by atoms with Crippen LogP contribution >= 0.6 is 11.6 Å². The second-order valence-corrected chi connectivity index (χ2v) is 5.72. The fraction of sp³-hybridized carbons (Fsp3) is 0.111. The molecule has 4 N–H and O–H groups in total. The fourth-order valence-corrected chi connectivity index (χ4v) is 2.73. The average Bonchev–Trinajstić information content (AvgIpc) is 2.56. The Morgan fingerprint density at radius 3 is 2.71 bits per heavy atom. The molecule has 24 heavy (non-hydrogen) atoms. The van der Waals surface area contributed by atoms with Gasteiger partial charge in [0.05, 0.1) is 12.8 Å². The number of aromatic nitrogens is 2. The summed E-state index contributed by atoms with van der Waals surface area (Å²) in [6, 6.07) is 13.2. The molecule has 0 spiro atoms. The number of nitrogen functional groups attached to an aromatic ring is 1. The molecule has 0 fully saturated rings. The van der Waals surface area contributed by atoms with Gasteiger partial charge in [-0.15, -0.1) is 0 Å². The van der Waals surface area contributed by atoms with Gasteiger partial charge in [0.2, 0.25) is 5.95 Å². The Bertz CT molecular complexity index is 924. The van der Waals surface area contributed by atoms with E-state index in [9.17, 15) is 0 Å². The number of hydrogen-bond acceptors (Lipinski definition) is 5. The standard InChI is InChI=1S/C18H17ClN4O/c1-24-16-8-4-6-13-15(22-18(21)23-17(13)16)10-12(20)9-11-5-2-3-7-14(11)19/h2-8,10H,9,20H2,1H3,(H2,21,22,23). The number of methoxy groups -OCH3 is 1. The molecule has 0 bridgehead atoms. The first-order valence-corrected chi connectivity index (χ1v) is 7.76. The maximum absolute atomic E-state index is 6.19. The quantitative estimate of drug-likeness (QED) is 0.760. The summed E-state index contributed by atoms with van der Waals surface area (Å²) in [7, 11) is 1.59. The Morgan fingerprint density at radius 1 is 1.17 bits per heavy atom. The zero-order valence-corrected chi connectivity index (χ0v) is 13.9. The zero-order valence-electron chi connectivity index (χ0n) is 13.2. The van der Waals surface area contributed by atoms with Crippen molar-refractivity contribution in [2.24, 2.45) is 5.73 Å². The number of ether oxygens (including phenoxy) is 1. The first kappa shape index (κ1) is 16.1. The lowest BCUT2D eigenvalue weighted by Crippen LogP contribution is -2.04. The van der Waals surface area contributed by atoms with E-state index in [1.807, 2.05) is 42.5 Å². The molecule has 122 valence electrons. The highest BCUT2D eigenvalue weighted by Gasteiger charge is 2.10. The van der Waals surface area contributed by atoms with E-state index in [-0.39, 0.29) is 5.95 Å². The normalized spacial score (nSPS) is 11.7. The van der Waals surface area contributed by atoms with E-state index in [2.05, 4.69) is 9.97 Å². The number of para-hydroxylation sites is 1. The van der Waals surface area contributed by atoms with Crippen LogP contribution in [0.15, 0.2) is 48.2 Å². The van der Waals surface area contributed by atoms with Crippen molar-refractivity contribution in [3.8, 4) is 5.75 Å². The number of anilines is 1. The maximum Gasteiger partial charge on any atom is 0.221 e. The lowest BCUT2D eigenvalue weighted by Gasteiger charge is -2.09. The number of benzene rings is 2. The second kappa shape index (κ2) is 6.76. The summed E-state index contributed by atoms with van der Waals surface area (Å²) in [5.41, 5.74) is 14.9. The maximum atomic E-state index is 6.19. The lowest BCUT2D eigenvalue weighted by atomic mass is 10.1. The van der Waals surface area contributed by atoms with Crippen LogP contribution in [-0.2, 0) is 6.42 Å². The van der Waals surface area contributed by atoms with Gasteiger partial charge in [-0.2, -0.15) is 0 Å². The smallest absolute Gasteiger partial charge is 0.221 e. The number of hydrogen-bond donors (Lipinski definition) is 2. The van der Waals surface area contributed by atoms with Crippen LogP contribution in [-0.4, -0.2) is 17.1 Å². The van der Waals surface area contributed by atoms with Crippen LogP contribution in [0.1, 0.15) is 11.3 Å². The summed E-state index contributed by atoms with van der Waals surface area (Å²) >= 11 is 6.19. The van der Waals surface area contributed by atoms with Crippen molar-refractivity contribution >= 4 is 34.5 Å². The molecule has 0 atom stereocenters. The Balaban J connectivity index is 2.04. The van der Waals surface area contributed by atoms with Crippen LogP contribution in [0.5, 0.6) is 5.75 Å². The van der Waals surface area contributed by atoms with Crippen molar-refractivity contribution < 1.29 is 4.74 Å². The highest BCUT2D eigenvalue weighted by molar-refractivity contribution is 6.31. The zero-order chi connectivity index (χ0) is 17.1. The molecule has 0 aliphatic carbocycles. The molecule has 1 heterocycles. The minimum atomic E-state index is 0.170. The van der Waals surface area contributed by atoms with Crippen LogP contribution < -0.4 is 16.2 Å². The third kappa shape index (κ3) is 3.26. The van der Waals surface area contributed by atoms with E-state index >= 15 is 0 Å². The lowest BCUT2D eigenvalue weighted by molar-refractivity contribution is 0.419. The summed E-state index contributed by atoms with van der Waals surface area (Å²) in [5.74, 6) is 0.810. The van der Waals surface area contributed by atoms with Gasteiger partial charge < -0.3 is 16.2 Å². The molecule has 0 aliphatic rings. The van der Waals surface area contributed by atoms with Gasteiger partial charge >= 0.3 is 0 Å². The van der Waals surface area contributed by atoms with Crippen LogP contribution in [0, 0.1) is 0 Å². The molecular weight excluding hydrogens is 324 g/mol. The van der Waals surface area contributed by atoms with Gasteiger partial charge in [0.25, 0.3) is 0 Å². The summed E-state index contributed by atoms with van der Waals surface area (Å²) in [6.45, 7) is 0. The molecule has 2 aromatic carbocycles. The molecule has 5 nitrogen and oxygen atoms in total. The molecule has 6 heteroatoms. The summed E-state index contributed by atoms with van der Waals surface area (Å²) in [6.07, 6.45) is 2.32.